The number of hydrogen-bond acceptors (Lipinski definition) is 4. The number of aliphatic hydroxyl groups excluding tert-OH is 1. The van der Waals surface area contributed by atoms with Crippen molar-refractivity contribution in [1.82, 2.24) is 4.31 Å². The molecular weight excluding hydrogens is 292 g/mol. The van der Waals surface area contributed by atoms with E-state index in [9.17, 15) is 18.3 Å². The number of aliphatic hydroxyl groups is 1. The van der Waals surface area contributed by atoms with Gasteiger partial charge in [0.25, 0.3) is 0 Å². The van der Waals surface area contributed by atoms with Crippen molar-refractivity contribution in [3.05, 3.63) is 29.8 Å². The van der Waals surface area contributed by atoms with Crippen LogP contribution in [-0.4, -0.2) is 42.9 Å². The molecule has 21 heavy (non-hydrogen) atoms. The molecular formula is C14H20N2O4S. The number of primary amides is 1. The minimum atomic E-state index is -3.55. The van der Waals surface area contributed by atoms with Crippen molar-refractivity contribution in [2.24, 2.45) is 11.7 Å². The highest BCUT2D eigenvalue weighted by Gasteiger charge is 2.30. The largest absolute Gasteiger partial charge is 0.393 e. The van der Waals surface area contributed by atoms with E-state index < -0.39 is 22.0 Å². The molecule has 0 aromatic heterocycles. The third-order valence-electron chi connectivity index (χ3n) is 3.96. The van der Waals surface area contributed by atoms with Gasteiger partial charge in [-0.1, -0.05) is 0 Å². The zero-order valence-corrected chi connectivity index (χ0v) is 12.7. The van der Waals surface area contributed by atoms with Gasteiger partial charge in [-0.15, -0.1) is 0 Å². The van der Waals surface area contributed by atoms with Crippen molar-refractivity contribution in [2.45, 2.75) is 30.8 Å². The molecule has 1 heterocycles. The molecule has 1 aliphatic rings. The van der Waals surface area contributed by atoms with Crippen LogP contribution >= 0.6 is 0 Å². The van der Waals surface area contributed by atoms with Crippen molar-refractivity contribution in [2.75, 3.05) is 13.1 Å². The molecule has 3 N–H and O–H groups in total. The van der Waals surface area contributed by atoms with Gasteiger partial charge in [-0.05, 0) is 49.9 Å². The van der Waals surface area contributed by atoms with Crippen molar-refractivity contribution >= 4 is 15.9 Å². The molecule has 1 aromatic rings. The Balaban J connectivity index is 2.13. The van der Waals surface area contributed by atoms with Crippen LogP contribution in [0.3, 0.4) is 0 Å². The van der Waals surface area contributed by atoms with E-state index in [1.807, 2.05) is 0 Å². The van der Waals surface area contributed by atoms with Gasteiger partial charge in [-0.2, -0.15) is 4.31 Å². The van der Waals surface area contributed by atoms with Crippen molar-refractivity contribution < 1.29 is 18.3 Å². The number of carbonyl (C=O) groups excluding carboxylic acids is 1. The number of piperidine rings is 1. The summed E-state index contributed by atoms with van der Waals surface area (Å²) in [5.74, 6) is -0.439. The summed E-state index contributed by atoms with van der Waals surface area (Å²) < 4.78 is 26.4. The van der Waals surface area contributed by atoms with Gasteiger partial charge in [-0.25, -0.2) is 8.42 Å². The molecule has 0 aliphatic carbocycles. The molecule has 0 saturated carbocycles. The van der Waals surface area contributed by atoms with Crippen LogP contribution < -0.4 is 5.73 Å². The zero-order chi connectivity index (χ0) is 15.6. The summed E-state index contributed by atoms with van der Waals surface area (Å²) in [6.07, 6.45) is 0.886. The van der Waals surface area contributed by atoms with E-state index in [0.29, 0.717) is 25.9 Å². The van der Waals surface area contributed by atoms with Crippen LogP contribution in [0.5, 0.6) is 0 Å². The quantitative estimate of drug-likeness (QED) is 0.848. The molecule has 0 radical (unpaired) electrons. The Morgan fingerprint density at radius 3 is 2.24 bits per heavy atom. The Labute approximate surface area is 124 Å². The third-order valence-corrected chi connectivity index (χ3v) is 5.87. The van der Waals surface area contributed by atoms with Gasteiger partial charge < -0.3 is 10.8 Å². The standard InChI is InChI=1S/C14H20N2O4S/c1-10(17)11-6-8-16(9-7-11)21(19,20)13-4-2-12(3-5-13)14(15)18/h2-5,10-11,17H,6-9H2,1H3,(H2,15,18). The minimum absolute atomic E-state index is 0.147. The number of benzene rings is 1. The van der Waals surface area contributed by atoms with Gasteiger partial charge in [0.15, 0.2) is 0 Å². The van der Waals surface area contributed by atoms with Crippen molar-refractivity contribution in [1.29, 1.82) is 0 Å². The van der Waals surface area contributed by atoms with Crippen LogP contribution in [0.15, 0.2) is 29.2 Å². The highest BCUT2D eigenvalue weighted by Crippen LogP contribution is 2.25. The van der Waals surface area contributed by atoms with Gasteiger partial charge in [0.1, 0.15) is 0 Å². The first-order chi connectivity index (χ1) is 9.82. The molecule has 1 unspecified atom stereocenters. The van der Waals surface area contributed by atoms with Gasteiger partial charge in [-0.3, -0.25) is 4.79 Å². The summed E-state index contributed by atoms with van der Waals surface area (Å²) in [7, 11) is -3.55. The lowest BCUT2D eigenvalue weighted by molar-refractivity contribution is 0.0912. The van der Waals surface area contributed by atoms with E-state index in [-0.39, 0.29) is 16.4 Å². The normalized spacial score (nSPS) is 19.3. The molecule has 0 spiro atoms. The SMILES string of the molecule is CC(O)C1CCN(S(=O)(=O)c2ccc(C(N)=O)cc2)CC1. The summed E-state index contributed by atoms with van der Waals surface area (Å²) in [5, 5.41) is 9.55. The molecule has 1 atom stereocenters. The molecule has 2 rings (SSSR count). The first-order valence-electron chi connectivity index (χ1n) is 6.90. The van der Waals surface area contributed by atoms with E-state index >= 15 is 0 Å². The molecule has 1 amide bonds. The highest BCUT2D eigenvalue weighted by atomic mass is 32.2. The lowest BCUT2D eigenvalue weighted by Crippen LogP contribution is -2.40. The number of rotatable bonds is 4. The second-order valence-electron chi connectivity index (χ2n) is 5.37. The number of carbonyl (C=O) groups is 1. The topological polar surface area (TPSA) is 101 Å². The van der Waals surface area contributed by atoms with E-state index in [4.69, 9.17) is 5.73 Å². The van der Waals surface area contributed by atoms with Crippen LogP contribution in [-0.2, 0) is 10.0 Å². The maximum absolute atomic E-state index is 12.5. The molecule has 1 fully saturated rings. The fourth-order valence-corrected chi connectivity index (χ4v) is 4.01. The van der Waals surface area contributed by atoms with E-state index in [1.54, 1.807) is 6.92 Å². The van der Waals surface area contributed by atoms with Crippen molar-refractivity contribution in [3.8, 4) is 0 Å². The number of sulfonamides is 1. The smallest absolute Gasteiger partial charge is 0.248 e. The average molecular weight is 312 g/mol. The number of hydrogen-bond donors (Lipinski definition) is 2. The Morgan fingerprint density at radius 2 is 1.81 bits per heavy atom. The molecule has 6 nitrogen and oxygen atoms in total. The third kappa shape index (κ3) is 3.42. The van der Waals surface area contributed by atoms with Crippen LogP contribution in [0.1, 0.15) is 30.1 Å². The predicted octanol–water partition coefficient (Wildman–Crippen LogP) is 0.567. The van der Waals surface area contributed by atoms with E-state index in [1.165, 1.54) is 28.6 Å². The minimum Gasteiger partial charge on any atom is -0.393 e. The van der Waals surface area contributed by atoms with Crippen LogP contribution in [0.4, 0.5) is 0 Å². The number of nitrogens with zero attached hydrogens (tertiary/aromatic N) is 1. The first-order valence-corrected chi connectivity index (χ1v) is 8.34. The van der Waals surface area contributed by atoms with E-state index in [2.05, 4.69) is 0 Å². The first kappa shape index (κ1) is 15.9. The summed E-state index contributed by atoms with van der Waals surface area (Å²) in [6, 6.07) is 5.63. The zero-order valence-electron chi connectivity index (χ0n) is 11.9. The summed E-state index contributed by atoms with van der Waals surface area (Å²) in [4.78, 5) is 11.2. The molecule has 0 bridgehead atoms. The Morgan fingerprint density at radius 1 is 1.29 bits per heavy atom. The van der Waals surface area contributed by atoms with Crippen molar-refractivity contribution in [3.63, 3.8) is 0 Å². The molecule has 1 saturated heterocycles. The second-order valence-corrected chi connectivity index (χ2v) is 7.31. The monoisotopic (exact) mass is 312 g/mol. The van der Waals surface area contributed by atoms with Gasteiger partial charge in [0.05, 0.1) is 11.0 Å². The van der Waals surface area contributed by atoms with Gasteiger partial charge in [0, 0.05) is 18.7 Å². The summed E-state index contributed by atoms with van der Waals surface area (Å²) >= 11 is 0. The fourth-order valence-electron chi connectivity index (χ4n) is 2.54. The van der Waals surface area contributed by atoms with E-state index in [0.717, 1.165) is 0 Å². The maximum atomic E-state index is 12.5. The fraction of sp³-hybridized carbons (Fsp3) is 0.500. The van der Waals surface area contributed by atoms with Gasteiger partial charge >= 0.3 is 0 Å². The lowest BCUT2D eigenvalue weighted by atomic mass is 9.93. The number of nitrogens with two attached hydrogens (primary N) is 1. The lowest BCUT2D eigenvalue weighted by Gasteiger charge is -2.32. The molecule has 1 aromatic carbocycles. The molecule has 1 aliphatic heterocycles. The van der Waals surface area contributed by atoms with Crippen LogP contribution in [0.2, 0.25) is 0 Å². The second kappa shape index (κ2) is 6.13. The molecule has 116 valence electrons. The Bertz CT molecular complexity index is 602. The predicted molar refractivity (Wildman–Crippen MR) is 78.1 cm³/mol. The van der Waals surface area contributed by atoms with Crippen LogP contribution in [0, 0.1) is 5.92 Å². The summed E-state index contributed by atoms with van der Waals surface area (Å²) in [6.45, 7) is 2.53. The summed E-state index contributed by atoms with van der Waals surface area (Å²) in [5.41, 5.74) is 5.42. The van der Waals surface area contributed by atoms with Crippen LogP contribution in [0.25, 0.3) is 0 Å². The Hall–Kier alpha value is -1.44. The number of amides is 1. The molecule has 7 heteroatoms. The Kier molecular flexibility index (Phi) is 4.65. The average Bonchev–Trinajstić information content (AvgIpc) is 2.47. The highest BCUT2D eigenvalue weighted by molar-refractivity contribution is 7.89. The van der Waals surface area contributed by atoms with Gasteiger partial charge in [0.2, 0.25) is 15.9 Å². The maximum Gasteiger partial charge on any atom is 0.248 e.